The van der Waals surface area contributed by atoms with Crippen molar-refractivity contribution in [3.63, 3.8) is 0 Å². The molecule has 3 heteroatoms. The summed E-state index contributed by atoms with van der Waals surface area (Å²) in [6.45, 7) is 10.2. The lowest BCUT2D eigenvalue weighted by Gasteiger charge is -2.29. The Hall–Kier alpha value is -0.120. The van der Waals surface area contributed by atoms with E-state index in [0.717, 1.165) is 19.5 Å². The van der Waals surface area contributed by atoms with Crippen molar-refractivity contribution in [3.8, 4) is 0 Å². The summed E-state index contributed by atoms with van der Waals surface area (Å²) in [5.41, 5.74) is 0.0496. The first kappa shape index (κ1) is 12.0. The maximum absolute atomic E-state index is 5.40. The zero-order valence-electron chi connectivity index (χ0n) is 9.81. The highest BCUT2D eigenvalue weighted by Crippen LogP contribution is 2.15. The first-order chi connectivity index (χ1) is 6.64. The highest BCUT2D eigenvalue weighted by molar-refractivity contribution is 4.71. The predicted molar refractivity (Wildman–Crippen MR) is 59.6 cm³/mol. The smallest absolute Gasteiger partial charge is 0.0623 e. The zero-order chi connectivity index (χ0) is 10.4. The normalized spacial score (nSPS) is 19.9. The van der Waals surface area contributed by atoms with Crippen LogP contribution in [-0.2, 0) is 4.74 Å². The molecule has 0 aromatic heterocycles. The van der Waals surface area contributed by atoms with Gasteiger partial charge < -0.3 is 15.0 Å². The maximum Gasteiger partial charge on any atom is 0.0623 e. The van der Waals surface area contributed by atoms with Gasteiger partial charge in [-0.3, -0.25) is 0 Å². The van der Waals surface area contributed by atoms with Crippen molar-refractivity contribution in [1.82, 2.24) is 10.2 Å². The molecule has 0 atom stereocenters. The minimum absolute atomic E-state index is 0.0496. The number of hydrogen-bond acceptors (Lipinski definition) is 3. The van der Waals surface area contributed by atoms with Crippen molar-refractivity contribution in [2.24, 2.45) is 0 Å². The molecule has 0 unspecified atom stereocenters. The lowest BCUT2D eigenvalue weighted by molar-refractivity contribution is 0.0116. The molecule has 0 bridgehead atoms. The minimum atomic E-state index is 0.0496. The van der Waals surface area contributed by atoms with Crippen LogP contribution < -0.4 is 5.32 Å². The Labute approximate surface area is 87.8 Å². The van der Waals surface area contributed by atoms with Crippen molar-refractivity contribution in [2.75, 3.05) is 39.8 Å². The van der Waals surface area contributed by atoms with Gasteiger partial charge in [0.1, 0.15) is 0 Å². The summed E-state index contributed by atoms with van der Waals surface area (Å²) >= 11 is 0. The van der Waals surface area contributed by atoms with Gasteiger partial charge in [0.05, 0.1) is 5.60 Å². The van der Waals surface area contributed by atoms with E-state index in [0.29, 0.717) is 0 Å². The first-order valence-electron chi connectivity index (χ1n) is 5.62. The minimum Gasteiger partial charge on any atom is -0.379 e. The topological polar surface area (TPSA) is 24.5 Å². The third-order valence-electron chi connectivity index (χ3n) is 3.02. The van der Waals surface area contributed by atoms with E-state index in [2.05, 4.69) is 24.1 Å². The van der Waals surface area contributed by atoms with Crippen LogP contribution in [0.1, 0.15) is 26.7 Å². The molecule has 0 spiro atoms. The molecule has 1 aliphatic heterocycles. The largest absolute Gasteiger partial charge is 0.379 e. The van der Waals surface area contributed by atoms with Crippen LogP contribution in [0.3, 0.4) is 0 Å². The van der Waals surface area contributed by atoms with Gasteiger partial charge in [0.15, 0.2) is 0 Å². The van der Waals surface area contributed by atoms with E-state index in [4.69, 9.17) is 4.74 Å². The number of nitrogens with zero attached hydrogens (tertiary/aromatic N) is 1. The van der Waals surface area contributed by atoms with Crippen molar-refractivity contribution in [1.29, 1.82) is 0 Å². The Balaban J connectivity index is 2.08. The Morgan fingerprint density at radius 2 is 1.93 bits per heavy atom. The lowest BCUT2D eigenvalue weighted by Crippen LogP contribution is -2.44. The number of ether oxygens (including phenoxy) is 1. The second kappa shape index (κ2) is 5.69. The van der Waals surface area contributed by atoms with Gasteiger partial charge in [-0.2, -0.15) is 0 Å². The molecule has 0 aliphatic carbocycles. The molecule has 1 saturated heterocycles. The standard InChI is InChI=1S/C11H24N2O/c1-11(2,14-3)5-4-8-13-9-6-12-7-10-13/h12H,4-10H2,1-3H3. The number of rotatable bonds is 5. The van der Waals surface area contributed by atoms with Crippen LogP contribution >= 0.6 is 0 Å². The number of nitrogens with one attached hydrogen (secondary N) is 1. The van der Waals surface area contributed by atoms with Gasteiger partial charge in [0.2, 0.25) is 0 Å². The Kier molecular flexibility index (Phi) is 4.85. The van der Waals surface area contributed by atoms with Crippen molar-refractivity contribution >= 4 is 0 Å². The van der Waals surface area contributed by atoms with Crippen molar-refractivity contribution in [3.05, 3.63) is 0 Å². The average Bonchev–Trinajstić information content (AvgIpc) is 2.19. The predicted octanol–water partition coefficient (Wildman–Crippen LogP) is 1.10. The third-order valence-corrected chi connectivity index (χ3v) is 3.02. The molecule has 1 aliphatic rings. The van der Waals surface area contributed by atoms with E-state index >= 15 is 0 Å². The molecular formula is C11H24N2O. The van der Waals surface area contributed by atoms with Gasteiger partial charge in [-0.15, -0.1) is 0 Å². The van der Waals surface area contributed by atoms with Crippen molar-refractivity contribution in [2.45, 2.75) is 32.3 Å². The van der Waals surface area contributed by atoms with Crippen LogP contribution in [0, 0.1) is 0 Å². The molecule has 14 heavy (non-hydrogen) atoms. The second-order valence-corrected chi connectivity index (χ2v) is 4.66. The van der Waals surface area contributed by atoms with E-state index in [1.54, 1.807) is 7.11 Å². The van der Waals surface area contributed by atoms with E-state index < -0.39 is 0 Å². The Morgan fingerprint density at radius 3 is 2.50 bits per heavy atom. The molecule has 0 aromatic rings. The quantitative estimate of drug-likeness (QED) is 0.719. The van der Waals surface area contributed by atoms with Crippen LogP contribution in [0.2, 0.25) is 0 Å². The molecule has 1 rings (SSSR count). The lowest BCUT2D eigenvalue weighted by atomic mass is 10.0. The number of piperazine rings is 1. The molecule has 3 nitrogen and oxygen atoms in total. The van der Waals surface area contributed by atoms with Crippen LogP contribution in [-0.4, -0.2) is 50.3 Å². The zero-order valence-corrected chi connectivity index (χ0v) is 9.81. The molecule has 0 amide bonds. The van der Waals surface area contributed by atoms with Gasteiger partial charge in [-0.25, -0.2) is 0 Å². The SMILES string of the molecule is COC(C)(C)CCCN1CCNCC1. The van der Waals surface area contributed by atoms with Gasteiger partial charge >= 0.3 is 0 Å². The fourth-order valence-corrected chi connectivity index (χ4v) is 1.77. The first-order valence-corrected chi connectivity index (χ1v) is 5.62. The molecule has 84 valence electrons. The monoisotopic (exact) mass is 200 g/mol. The van der Waals surface area contributed by atoms with Gasteiger partial charge in [0, 0.05) is 33.3 Å². The van der Waals surface area contributed by atoms with Gasteiger partial charge in [0.25, 0.3) is 0 Å². The number of methoxy groups -OCH3 is 1. The molecule has 0 radical (unpaired) electrons. The van der Waals surface area contributed by atoms with E-state index in [-0.39, 0.29) is 5.60 Å². The van der Waals surface area contributed by atoms with E-state index in [9.17, 15) is 0 Å². The molecule has 1 fully saturated rings. The summed E-state index contributed by atoms with van der Waals surface area (Å²) in [6.07, 6.45) is 2.38. The summed E-state index contributed by atoms with van der Waals surface area (Å²) in [4.78, 5) is 2.53. The Morgan fingerprint density at radius 1 is 1.29 bits per heavy atom. The van der Waals surface area contributed by atoms with Crippen LogP contribution in [0.5, 0.6) is 0 Å². The second-order valence-electron chi connectivity index (χ2n) is 4.66. The Bertz CT molecular complexity index is 153. The third kappa shape index (κ3) is 4.40. The maximum atomic E-state index is 5.40. The van der Waals surface area contributed by atoms with Crippen LogP contribution in [0.15, 0.2) is 0 Å². The fourth-order valence-electron chi connectivity index (χ4n) is 1.77. The fraction of sp³-hybridized carbons (Fsp3) is 1.00. The molecule has 0 saturated carbocycles. The van der Waals surface area contributed by atoms with Gasteiger partial charge in [-0.05, 0) is 33.2 Å². The average molecular weight is 200 g/mol. The summed E-state index contributed by atoms with van der Waals surface area (Å²) in [5.74, 6) is 0. The summed E-state index contributed by atoms with van der Waals surface area (Å²) in [5, 5.41) is 3.37. The summed E-state index contributed by atoms with van der Waals surface area (Å²) < 4.78 is 5.40. The summed E-state index contributed by atoms with van der Waals surface area (Å²) in [7, 11) is 1.80. The van der Waals surface area contributed by atoms with E-state index in [1.807, 2.05) is 0 Å². The van der Waals surface area contributed by atoms with Gasteiger partial charge in [-0.1, -0.05) is 0 Å². The van der Waals surface area contributed by atoms with Crippen molar-refractivity contribution < 1.29 is 4.74 Å². The summed E-state index contributed by atoms with van der Waals surface area (Å²) in [6, 6.07) is 0. The van der Waals surface area contributed by atoms with Crippen LogP contribution in [0.25, 0.3) is 0 Å². The highest BCUT2D eigenvalue weighted by atomic mass is 16.5. The molecule has 1 heterocycles. The van der Waals surface area contributed by atoms with Crippen LogP contribution in [0.4, 0.5) is 0 Å². The molecule has 0 aromatic carbocycles. The molecule has 1 N–H and O–H groups in total. The van der Waals surface area contributed by atoms with E-state index in [1.165, 1.54) is 26.1 Å². The number of hydrogen-bond donors (Lipinski definition) is 1. The molecular weight excluding hydrogens is 176 g/mol. The highest BCUT2D eigenvalue weighted by Gasteiger charge is 2.16.